The van der Waals surface area contributed by atoms with Gasteiger partial charge in [-0.15, -0.1) is 12.4 Å². The second kappa shape index (κ2) is 11.4. The number of alkyl halides is 3. The van der Waals surface area contributed by atoms with E-state index >= 15 is 0 Å². The molecule has 10 heteroatoms. The predicted octanol–water partition coefficient (Wildman–Crippen LogP) is 5.71. The molecule has 0 unspecified atom stereocenters. The second-order valence-corrected chi connectivity index (χ2v) is 7.55. The number of nitrogens with zero attached hydrogens (tertiary/aromatic N) is 2. The summed E-state index contributed by atoms with van der Waals surface area (Å²) in [6, 6.07) is 10.1. The van der Waals surface area contributed by atoms with Crippen molar-refractivity contribution in [1.29, 1.82) is 0 Å². The van der Waals surface area contributed by atoms with Crippen LogP contribution in [0.5, 0.6) is 0 Å². The van der Waals surface area contributed by atoms with Crippen molar-refractivity contribution in [3.63, 3.8) is 0 Å². The Morgan fingerprint density at radius 2 is 1.76 bits per heavy atom. The van der Waals surface area contributed by atoms with Crippen LogP contribution < -0.4 is 10.6 Å². The number of amides is 1. The zero-order chi connectivity index (χ0) is 23.3. The Morgan fingerprint density at radius 3 is 2.36 bits per heavy atom. The second-order valence-electron chi connectivity index (χ2n) is 7.17. The maximum atomic E-state index is 13.2. The van der Waals surface area contributed by atoms with Gasteiger partial charge in [-0.1, -0.05) is 42.8 Å². The van der Waals surface area contributed by atoms with E-state index in [0.29, 0.717) is 6.42 Å². The van der Waals surface area contributed by atoms with Crippen LogP contribution in [0.3, 0.4) is 0 Å². The minimum atomic E-state index is -4.66. The van der Waals surface area contributed by atoms with Gasteiger partial charge in [-0.05, 0) is 42.8 Å². The number of aromatic nitrogens is 2. The summed E-state index contributed by atoms with van der Waals surface area (Å²) >= 11 is 5.96. The van der Waals surface area contributed by atoms with Crippen molar-refractivity contribution < 1.29 is 18.0 Å². The van der Waals surface area contributed by atoms with Crippen LogP contribution in [0, 0.1) is 0 Å². The molecule has 0 fully saturated rings. The number of rotatable bonds is 7. The molecule has 0 spiro atoms. The standard InChI is InChI=1S/C23H22ClF3N4O.ClH/c1-3-19(28-2)21(15-7-4-6-14(10-15)16-11-29-13-30-12-16)31-22(32)17-8-5-9-18(20(17)24)23(25,26)27;/h4-13,19,21,28H,3H2,1-2H3,(H,31,32);1H/t19-,21-;/m0./s1. The van der Waals surface area contributed by atoms with Gasteiger partial charge in [0.05, 0.1) is 22.2 Å². The molecule has 2 atom stereocenters. The number of likely N-dealkylation sites (N-methyl/N-ethyl adjacent to an activating group) is 1. The zero-order valence-electron chi connectivity index (χ0n) is 17.9. The average Bonchev–Trinajstić information content (AvgIpc) is 2.79. The molecule has 3 rings (SSSR count). The maximum Gasteiger partial charge on any atom is 0.417 e. The topological polar surface area (TPSA) is 66.9 Å². The summed E-state index contributed by atoms with van der Waals surface area (Å²) in [6.07, 6.45) is 0.796. The normalized spacial score (nSPS) is 13.0. The molecule has 0 saturated carbocycles. The lowest BCUT2D eigenvalue weighted by molar-refractivity contribution is -0.137. The lowest BCUT2D eigenvalue weighted by Crippen LogP contribution is -2.42. The Kier molecular flexibility index (Phi) is 9.22. The molecular weight excluding hydrogens is 476 g/mol. The van der Waals surface area contributed by atoms with Crippen LogP contribution in [0.15, 0.2) is 61.2 Å². The summed E-state index contributed by atoms with van der Waals surface area (Å²) in [6.45, 7) is 1.95. The summed E-state index contributed by atoms with van der Waals surface area (Å²) < 4.78 is 39.7. The minimum absolute atomic E-state index is 0. The molecule has 0 aliphatic rings. The lowest BCUT2D eigenvalue weighted by Gasteiger charge is -2.28. The monoisotopic (exact) mass is 498 g/mol. The third kappa shape index (κ3) is 6.22. The van der Waals surface area contributed by atoms with Crippen molar-refractivity contribution in [2.24, 2.45) is 0 Å². The van der Waals surface area contributed by atoms with Crippen LogP contribution in [-0.4, -0.2) is 29.0 Å². The van der Waals surface area contributed by atoms with E-state index in [2.05, 4.69) is 20.6 Å². The summed E-state index contributed by atoms with van der Waals surface area (Å²) in [4.78, 5) is 21.1. The average molecular weight is 499 g/mol. The van der Waals surface area contributed by atoms with Gasteiger partial charge in [0.1, 0.15) is 6.33 Å². The highest BCUT2D eigenvalue weighted by Gasteiger charge is 2.35. The van der Waals surface area contributed by atoms with Crippen LogP contribution in [0.25, 0.3) is 11.1 Å². The van der Waals surface area contributed by atoms with E-state index < -0.39 is 28.7 Å². The Labute approximate surface area is 201 Å². The molecule has 0 saturated heterocycles. The van der Waals surface area contributed by atoms with Crippen molar-refractivity contribution in [2.45, 2.75) is 31.6 Å². The molecule has 1 amide bonds. The van der Waals surface area contributed by atoms with Gasteiger partial charge in [-0.2, -0.15) is 13.2 Å². The van der Waals surface area contributed by atoms with Gasteiger partial charge in [0.25, 0.3) is 5.91 Å². The molecule has 0 aliphatic heterocycles. The number of carbonyl (C=O) groups is 1. The largest absolute Gasteiger partial charge is 0.417 e. The molecule has 2 aromatic carbocycles. The summed E-state index contributed by atoms with van der Waals surface area (Å²) in [5.41, 5.74) is 1.16. The Hall–Kier alpha value is -2.68. The number of carbonyl (C=O) groups excluding carboxylic acids is 1. The third-order valence-electron chi connectivity index (χ3n) is 5.19. The van der Waals surface area contributed by atoms with Crippen molar-refractivity contribution in [1.82, 2.24) is 20.6 Å². The van der Waals surface area contributed by atoms with Gasteiger partial charge in [-0.25, -0.2) is 9.97 Å². The van der Waals surface area contributed by atoms with E-state index in [9.17, 15) is 18.0 Å². The van der Waals surface area contributed by atoms with Gasteiger partial charge in [-0.3, -0.25) is 4.79 Å². The van der Waals surface area contributed by atoms with E-state index in [4.69, 9.17) is 11.6 Å². The summed E-state index contributed by atoms with van der Waals surface area (Å²) in [5, 5.41) is 5.41. The summed E-state index contributed by atoms with van der Waals surface area (Å²) in [5.74, 6) is -0.687. The van der Waals surface area contributed by atoms with E-state index in [1.54, 1.807) is 19.4 Å². The van der Waals surface area contributed by atoms with Crippen molar-refractivity contribution in [2.75, 3.05) is 7.05 Å². The highest BCUT2D eigenvalue weighted by atomic mass is 35.5. The first-order chi connectivity index (χ1) is 15.3. The van der Waals surface area contributed by atoms with E-state index in [-0.39, 0.29) is 24.0 Å². The molecule has 0 bridgehead atoms. The molecule has 2 N–H and O–H groups in total. The molecule has 3 aromatic rings. The number of benzene rings is 2. The van der Waals surface area contributed by atoms with Crippen molar-refractivity contribution in [3.05, 3.63) is 82.9 Å². The minimum Gasteiger partial charge on any atom is -0.344 e. The predicted molar refractivity (Wildman–Crippen MR) is 125 cm³/mol. The Morgan fingerprint density at radius 1 is 1.09 bits per heavy atom. The molecule has 5 nitrogen and oxygen atoms in total. The quantitative estimate of drug-likeness (QED) is 0.437. The zero-order valence-corrected chi connectivity index (χ0v) is 19.4. The van der Waals surface area contributed by atoms with Crippen LogP contribution in [-0.2, 0) is 6.18 Å². The van der Waals surface area contributed by atoms with Crippen LogP contribution in [0.1, 0.15) is 40.9 Å². The maximum absolute atomic E-state index is 13.2. The first kappa shape index (κ1) is 26.6. The molecule has 176 valence electrons. The van der Waals surface area contributed by atoms with Crippen LogP contribution in [0.2, 0.25) is 5.02 Å². The molecule has 33 heavy (non-hydrogen) atoms. The van der Waals surface area contributed by atoms with E-state index in [1.165, 1.54) is 18.5 Å². The molecule has 0 radical (unpaired) electrons. The first-order valence-electron chi connectivity index (χ1n) is 9.95. The number of halogens is 5. The highest BCUT2D eigenvalue weighted by Crippen LogP contribution is 2.36. The first-order valence-corrected chi connectivity index (χ1v) is 10.3. The van der Waals surface area contributed by atoms with Crippen LogP contribution in [0.4, 0.5) is 13.2 Å². The molecule has 1 aromatic heterocycles. The van der Waals surface area contributed by atoms with Gasteiger partial charge < -0.3 is 10.6 Å². The Bertz CT molecular complexity index is 1080. The fourth-order valence-corrected chi connectivity index (χ4v) is 3.85. The number of hydrogen-bond acceptors (Lipinski definition) is 4. The Balaban J connectivity index is 0.00000385. The SMILES string of the molecule is CC[C@H](NC)[C@@H](NC(=O)c1cccc(C(F)(F)F)c1Cl)c1cccc(-c2cncnc2)c1.Cl. The van der Waals surface area contributed by atoms with E-state index in [1.807, 2.05) is 31.2 Å². The van der Waals surface area contributed by atoms with E-state index in [0.717, 1.165) is 22.8 Å². The molecular formula is C23H23Cl2F3N4O. The van der Waals surface area contributed by atoms with Gasteiger partial charge in [0, 0.05) is 24.0 Å². The van der Waals surface area contributed by atoms with Crippen molar-refractivity contribution >= 4 is 29.9 Å². The fraction of sp³-hybridized carbons (Fsp3) is 0.261. The summed E-state index contributed by atoms with van der Waals surface area (Å²) in [7, 11) is 1.76. The van der Waals surface area contributed by atoms with Crippen LogP contribution >= 0.6 is 24.0 Å². The lowest BCUT2D eigenvalue weighted by atomic mass is 9.94. The number of nitrogens with one attached hydrogen (secondary N) is 2. The fourth-order valence-electron chi connectivity index (χ4n) is 3.53. The van der Waals surface area contributed by atoms with Crippen molar-refractivity contribution in [3.8, 4) is 11.1 Å². The van der Waals surface area contributed by atoms with Gasteiger partial charge >= 0.3 is 6.18 Å². The molecule has 1 heterocycles. The number of hydrogen-bond donors (Lipinski definition) is 2. The third-order valence-corrected chi connectivity index (χ3v) is 5.60. The highest BCUT2D eigenvalue weighted by molar-refractivity contribution is 6.34. The van der Waals surface area contributed by atoms with Gasteiger partial charge in [0.15, 0.2) is 0 Å². The smallest absolute Gasteiger partial charge is 0.344 e. The van der Waals surface area contributed by atoms with Gasteiger partial charge in [0.2, 0.25) is 0 Å². The molecule has 0 aliphatic carbocycles.